The van der Waals surface area contributed by atoms with Gasteiger partial charge in [0.2, 0.25) is 0 Å². The minimum Gasteiger partial charge on any atom is -0.463 e. The highest BCUT2D eigenvalue weighted by molar-refractivity contribution is 5.67. The molecule has 1 rings (SSSR count). The maximum absolute atomic E-state index is 11.2. The number of ether oxygens (including phenoxy) is 4. The first-order chi connectivity index (χ1) is 9.72. The summed E-state index contributed by atoms with van der Waals surface area (Å²) in [5.74, 6) is -1.74. The average Bonchev–Trinajstić information content (AvgIpc) is 2.35. The van der Waals surface area contributed by atoms with Crippen LogP contribution < -0.4 is 0 Å². The molecule has 0 saturated carbocycles. The smallest absolute Gasteiger partial charge is 0.303 e. The topological polar surface area (TPSA) is 108 Å². The fourth-order valence-electron chi connectivity index (χ4n) is 2.13. The van der Waals surface area contributed by atoms with Gasteiger partial charge in [0, 0.05) is 20.8 Å². The van der Waals surface area contributed by atoms with E-state index in [-0.39, 0.29) is 6.61 Å². The van der Waals surface area contributed by atoms with Crippen molar-refractivity contribution in [2.45, 2.75) is 58.2 Å². The van der Waals surface area contributed by atoms with E-state index in [0.717, 1.165) is 0 Å². The van der Waals surface area contributed by atoms with E-state index in [0.29, 0.717) is 0 Å². The van der Waals surface area contributed by atoms with Gasteiger partial charge in [-0.05, 0) is 6.92 Å². The minimum atomic E-state index is -1.28. The number of carbonyl (C=O) groups is 3. The summed E-state index contributed by atoms with van der Waals surface area (Å²) < 4.78 is 20.4. The van der Waals surface area contributed by atoms with Gasteiger partial charge in [-0.15, -0.1) is 0 Å². The maximum atomic E-state index is 11.2. The van der Waals surface area contributed by atoms with Crippen molar-refractivity contribution in [2.24, 2.45) is 0 Å². The van der Waals surface area contributed by atoms with Gasteiger partial charge in [-0.2, -0.15) is 0 Å². The second-order valence-electron chi connectivity index (χ2n) is 4.82. The molecule has 1 saturated heterocycles. The fraction of sp³-hybridized carbons (Fsp3) is 0.769. The Balaban J connectivity index is 2.87. The van der Waals surface area contributed by atoms with Gasteiger partial charge in [0.25, 0.3) is 0 Å². The van der Waals surface area contributed by atoms with E-state index in [4.69, 9.17) is 18.9 Å². The Morgan fingerprint density at radius 1 is 1.00 bits per heavy atom. The van der Waals surface area contributed by atoms with E-state index in [2.05, 4.69) is 0 Å². The summed E-state index contributed by atoms with van der Waals surface area (Å²) in [5.41, 5.74) is 0. The number of aliphatic hydroxyl groups is 1. The van der Waals surface area contributed by atoms with Crippen molar-refractivity contribution in [2.75, 3.05) is 6.61 Å². The summed E-state index contributed by atoms with van der Waals surface area (Å²) in [6.07, 6.45) is -4.82. The van der Waals surface area contributed by atoms with Crippen LogP contribution in [0, 0.1) is 0 Å². The maximum Gasteiger partial charge on any atom is 0.303 e. The molecule has 0 aliphatic carbocycles. The molecule has 0 radical (unpaired) electrons. The lowest BCUT2D eigenvalue weighted by atomic mass is 9.95. The predicted octanol–water partition coefficient (Wildman–Crippen LogP) is -0.439. The van der Waals surface area contributed by atoms with Gasteiger partial charge in [-0.3, -0.25) is 14.4 Å². The van der Waals surface area contributed by atoms with Crippen LogP contribution in [0.3, 0.4) is 0 Å². The molecular weight excluding hydrogens is 284 g/mol. The van der Waals surface area contributed by atoms with Gasteiger partial charge in [0.15, 0.2) is 12.2 Å². The monoisotopic (exact) mass is 304 g/mol. The summed E-state index contributed by atoms with van der Waals surface area (Å²) in [6, 6.07) is 0. The zero-order valence-corrected chi connectivity index (χ0v) is 12.4. The first-order valence-corrected chi connectivity index (χ1v) is 6.53. The molecule has 0 amide bonds. The highest BCUT2D eigenvalue weighted by Gasteiger charge is 2.47. The third-order valence-electron chi connectivity index (χ3n) is 2.95. The highest BCUT2D eigenvalue weighted by Crippen LogP contribution is 2.26. The normalized spacial score (nSPS) is 32.1. The summed E-state index contributed by atoms with van der Waals surface area (Å²) in [7, 11) is 0. The Morgan fingerprint density at radius 3 is 2.00 bits per heavy atom. The average molecular weight is 304 g/mol. The molecule has 0 aromatic carbocycles. The van der Waals surface area contributed by atoms with Crippen molar-refractivity contribution in [1.82, 2.24) is 0 Å². The third kappa shape index (κ3) is 4.98. The fourth-order valence-corrected chi connectivity index (χ4v) is 2.13. The Hall–Kier alpha value is -1.67. The number of hydrogen-bond donors (Lipinski definition) is 1. The van der Waals surface area contributed by atoms with Crippen LogP contribution in [0.15, 0.2) is 0 Å². The number of esters is 3. The van der Waals surface area contributed by atoms with Crippen LogP contribution in [-0.4, -0.2) is 60.1 Å². The Morgan fingerprint density at radius 2 is 1.52 bits per heavy atom. The summed E-state index contributed by atoms with van der Waals surface area (Å²) in [5, 5.41) is 10.2. The van der Waals surface area contributed by atoms with Crippen LogP contribution in [0.1, 0.15) is 27.7 Å². The Labute approximate surface area is 122 Å². The van der Waals surface area contributed by atoms with Crippen molar-refractivity contribution in [1.29, 1.82) is 0 Å². The van der Waals surface area contributed by atoms with Crippen LogP contribution in [0.4, 0.5) is 0 Å². The van der Waals surface area contributed by atoms with Gasteiger partial charge in [-0.1, -0.05) is 0 Å². The van der Waals surface area contributed by atoms with E-state index < -0.39 is 48.4 Å². The first-order valence-electron chi connectivity index (χ1n) is 6.53. The molecule has 21 heavy (non-hydrogen) atoms. The second-order valence-corrected chi connectivity index (χ2v) is 4.82. The zero-order valence-electron chi connectivity index (χ0n) is 12.4. The molecular formula is C13H20O8. The van der Waals surface area contributed by atoms with E-state index in [1.807, 2.05) is 0 Å². The SMILES string of the molecule is CC(=O)OCC1O[C@@H](C)C(OC(C)=O)C(OC(C)=O)[C@@H]1O. The molecule has 8 heteroatoms. The lowest BCUT2D eigenvalue weighted by Crippen LogP contribution is -2.60. The molecule has 1 aliphatic heterocycles. The number of aliphatic hydroxyl groups excluding tert-OH is 1. The van der Waals surface area contributed by atoms with E-state index in [1.165, 1.54) is 20.8 Å². The molecule has 3 unspecified atom stereocenters. The van der Waals surface area contributed by atoms with Gasteiger partial charge in [0.1, 0.15) is 18.8 Å². The van der Waals surface area contributed by atoms with E-state index >= 15 is 0 Å². The summed E-state index contributed by atoms with van der Waals surface area (Å²) in [6.45, 7) is 5.03. The molecule has 1 aliphatic rings. The lowest BCUT2D eigenvalue weighted by molar-refractivity contribution is -0.243. The number of carbonyl (C=O) groups excluding carboxylic acids is 3. The lowest BCUT2D eigenvalue weighted by Gasteiger charge is -2.42. The molecule has 1 N–H and O–H groups in total. The van der Waals surface area contributed by atoms with Crippen molar-refractivity contribution in [3.8, 4) is 0 Å². The summed E-state index contributed by atoms with van der Waals surface area (Å²) >= 11 is 0. The van der Waals surface area contributed by atoms with Crippen molar-refractivity contribution in [3.63, 3.8) is 0 Å². The minimum absolute atomic E-state index is 0.189. The van der Waals surface area contributed by atoms with Crippen LogP contribution in [0.5, 0.6) is 0 Å². The van der Waals surface area contributed by atoms with Crippen molar-refractivity contribution >= 4 is 17.9 Å². The second kappa shape index (κ2) is 7.37. The molecule has 0 aromatic rings. The largest absolute Gasteiger partial charge is 0.463 e. The summed E-state index contributed by atoms with van der Waals surface area (Å²) in [4.78, 5) is 33.1. The highest BCUT2D eigenvalue weighted by atomic mass is 16.6. The standard InChI is InChI=1S/C13H20O8/c1-6-12(20-8(3)15)13(21-9(4)16)11(17)10(19-6)5-18-7(2)14/h6,10-13,17H,5H2,1-4H3/t6-,10?,11+,12?,13?/m0/s1. The predicted molar refractivity (Wildman–Crippen MR) is 68.1 cm³/mol. The molecule has 1 heterocycles. The van der Waals surface area contributed by atoms with Gasteiger partial charge in [-0.25, -0.2) is 0 Å². The zero-order chi connectivity index (χ0) is 16.2. The van der Waals surface area contributed by atoms with Crippen molar-refractivity contribution in [3.05, 3.63) is 0 Å². The molecule has 0 spiro atoms. The molecule has 5 atom stereocenters. The third-order valence-corrected chi connectivity index (χ3v) is 2.95. The molecule has 0 bridgehead atoms. The molecule has 8 nitrogen and oxygen atoms in total. The molecule has 120 valence electrons. The van der Waals surface area contributed by atoms with Crippen LogP contribution in [0.25, 0.3) is 0 Å². The number of hydrogen-bond acceptors (Lipinski definition) is 8. The first kappa shape index (κ1) is 17.4. The Kier molecular flexibility index (Phi) is 6.10. The van der Waals surface area contributed by atoms with Crippen LogP contribution in [-0.2, 0) is 33.3 Å². The quantitative estimate of drug-likeness (QED) is 0.550. The molecule has 1 fully saturated rings. The van der Waals surface area contributed by atoms with Crippen LogP contribution >= 0.6 is 0 Å². The van der Waals surface area contributed by atoms with Crippen molar-refractivity contribution < 1.29 is 38.4 Å². The molecule has 0 aromatic heterocycles. The van der Waals surface area contributed by atoms with Gasteiger partial charge >= 0.3 is 17.9 Å². The number of rotatable bonds is 4. The Bertz CT molecular complexity index is 407. The van der Waals surface area contributed by atoms with Gasteiger partial charge < -0.3 is 24.1 Å². The van der Waals surface area contributed by atoms with Gasteiger partial charge in [0.05, 0.1) is 6.10 Å². The van der Waals surface area contributed by atoms with E-state index in [9.17, 15) is 19.5 Å². The van der Waals surface area contributed by atoms with E-state index in [1.54, 1.807) is 6.92 Å². The van der Waals surface area contributed by atoms with Crippen LogP contribution in [0.2, 0.25) is 0 Å².